The fraction of sp³-hybridized carbons (Fsp3) is 0.200. The monoisotopic (exact) mass is 306 g/mol. The third-order valence-electron chi connectivity index (χ3n) is 2.73. The summed E-state index contributed by atoms with van der Waals surface area (Å²) in [6, 6.07) is 13.6. The lowest BCUT2D eigenvalue weighted by Gasteiger charge is -2.12. The largest absolute Gasteiger partial charge is 0.323 e. The zero-order chi connectivity index (χ0) is 14.4. The summed E-state index contributed by atoms with van der Waals surface area (Å²) in [4.78, 5) is 16.0. The smallest absolute Gasteiger partial charge is 0.237 e. The number of amides is 1. The van der Waals surface area contributed by atoms with Gasteiger partial charge in [-0.15, -0.1) is 11.8 Å². The summed E-state index contributed by atoms with van der Waals surface area (Å²) in [5.74, 6) is 0.733. The summed E-state index contributed by atoms with van der Waals surface area (Å²) in [5.41, 5.74) is 1.75. The molecule has 0 unspecified atom stereocenters. The van der Waals surface area contributed by atoms with E-state index in [0.717, 1.165) is 5.75 Å². The molecule has 0 saturated carbocycles. The van der Waals surface area contributed by atoms with Gasteiger partial charge in [-0.1, -0.05) is 41.9 Å². The van der Waals surface area contributed by atoms with Crippen LogP contribution in [0.3, 0.4) is 0 Å². The van der Waals surface area contributed by atoms with Gasteiger partial charge in [0.2, 0.25) is 5.91 Å². The van der Waals surface area contributed by atoms with E-state index in [-0.39, 0.29) is 11.2 Å². The van der Waals surface area contributed by atoms with Gasteiger partial charge in [0.1, 0.15) is 0 Å². The third kappa shape index (κ3) is 4.25. The number of thioether (sulfide) groups is 1. The van der Waals surface area contributed by atoms with Gasteiger partial charge >= 0.3 is 0 Å². The standard InChI is InChI=1S/C15H15ClN2OS/c1-11(20-10-12-6-3-2-4-7-12)15(19)18-13-8-5-9-17-14(13)16/h2-9,11H,10H2,1H3,(H,18,19)/t11-/m1/s1. The Morgan fingerprint density at radius 2 is 2.05 bits per heavy atom. The molecule has 2 aromatic rings. The highest BCUT2D eigenvalue weighted by molar-refractivity contribution is 7.99. The molecular weight excluding hydrogens is 292 g/mol. The summed E-state index contributed by atoms with van der Waals surface area (Å²) in [6.45, 7) is 1.88. The van der Waals surface area contributed by atoms with E-state index >= 15 is 0 Å². The number of anilines is 1. The Kier molecular flexibility index (Phi) is 5.44. The van der Waals surface area contributed by atoms with Crippen molar-refractivity contribution in [2.45, 2.75) is 17.9 Å². The van der Waals surface area contributed by atoms with Crippen molar-refractivity contribution in [3.63, 3.8) is 0 Å². The number of carbonyl (C=O) groups excluding carboxylic acids is 1. The maximum atomic E-state index is 12.1. The van der Waals surface area contributed by atoms with E-state index in [1.54, 1.807) is 30.1 Å². The van der Waals surface area contributed by atoms with E-state index in [4.69, 9.17) is 11.6 Å². The Morgan fingerprint density at radius 3 is 2.75 bits per heavy atom. The van der Waals surface area contributed by atoms with E-state index in [2.05, 4.69) is 22.4 Å². The average molecular weight is 307 g/mol. The molecule has 0 bridgehead atoms. The molecule has 1 atom stereocenters. The summed E-state index contributed by atoms with van der Waals surface area (Å²) in [6.07, 6.45) is 1.59. The van der Waals surface area contributed by atoms with Gasteiger partial charge in [0.05, 0.1) is 10.9 Å². The number of carbonyl (C=O) groups is 1. The van der Waals surface area contributed by atoms with Gasteiger partial charge in [0, 0.05) is 11.9 Å². The number of aromatic nitrogens is 1. The van der Waals surface area contributed by atoms with E-state index in [1.807, 2.05) is 25.1 Å². The van der Waals surface area contributed by atoms with Crippen molar-refractivity contribution in [1.29, 1.82) is 0 Å². The van der Waals surface area contributed by atoms with Gasteiger partial charge in [-0.3, -0.25) is 4.79 Å². The van der Waals surface area contributed by atoms with E-state index in [1.165, 1.54) is 5.56 Å². The second-order valence-electron chi connectivity index (χ2n) is 4.27. The first-order valence-electron chi connectivity index (χ1n) is 6.23. The predicted molar refractivity (Wildman–Crippen MR) is 85.1 cm³/mol. The highest BCUT2D eigenvalue weighted by Gasteiger charge is 2.14. The fourth-order valence-corrected chi connectivity index (χ4v) is 2.60. The molecule has 104 valence electrons. The Balaban J connectivity index is 1.88. The number of benzene rings is 1. The molecule has 1 aromatic heterocycles. The minimum atomic E-state index is -0.161. The third-order valence-corrected chi connectivity index (χ3v) is 4.24. The Labute approximate surface area is 127 Å². The molecule has 1 heterocycles. The highest BCUT2D eigenvalue weighted by Crippen LogP contribution is 2.21. The van der Waals surface area contributed by atoms with E-state index < -0.39 is 0 Å². The van der Waals surface area contributed by atoms with Crippen LogP contribution in [0.5, 0.6) is 0 Å². The van der Waals surface area contributed by atoms with Crippen LogP contribution in [-0.4, -0.2) is 16.1 Å². The maximum absolute atomic E-state index is 12.1. The predicted octanol–water partition coefficient (Wildman–Crippen LogP) is 4.00. The van der Waals surface area contributed by atoms with Crippen LogP contribution in [0.15, 0.2) is 48.7 Å². The Hall–Kier alpha value is -1.52. The zero-order valence-electron chi connectivity index (χ0n) is 11.0. The van der Waals surface area contributed by atoms with Crippen LogP contribution < -0.4 is 5.32 Å². The summed E-state index contributed by atoms with van der Waals surface area (Å²) in [5, 5.41) is 2.94. The van der Waals surface area contributed by atoms with Crippen LogP contribution in [0.2, 0.25) is 5.15 Å². The number of halogens is 1. The molecule has 1 amide bonds. The molecule has 1 N–H and O–H groups in total. The second-order valence-corrected chi connectivity index (χ2v) is 5.96. The van der Waals surface area contributed by atoms with Crippen LogP contribution in [0.25, 0.3) is 0 Å². The zero-order valence-corrected chi connectivity index (χ0v) is 12.6. The molecule has 0 saturated heterocycles. The molecule has 0 radical (unpaired) electrons. The number of nitrogens with one attached hydrogen (secondary N) is 1. The molecule has 20 heavy (non-hydrogen) atoms. The second kappa shape index (κ2) is 7.31. The quantitative estimate of drug-likeness (QED) is 0.849. The summed E-state index contributed by atoms with van der Waals surface area (Å²) < 4.78 is 0. The fourth-order valence-electron chi connectivity index (χ4n) is 1.58. The van der Waals surface area contributed by atoms with Crippen LogP contribution in [0, 0.1) is 0 Å². The van der Waals surface area contributed by atoms with Crippen LogP contribution in [0.1, 0.15) is 12.5 Å². The van der Waals surface area contributed by atoms with Crippen LogP contribution >= 0.6 is 23.4 Å². The van der Waals surface area contributed by atoms with Gasteiger partial charge in [0.15, 0.2) is 5.15 Å². The number of rotatable bonds is 5. The van der Waals surface area contributed by atoms with Crippen molar-refractivity contribution < 1.29 is 4.79 Å². The van der Waals surface area contributed by atoms with Crippen molar-refractivity contribution in [2.75, 3.05) is 5.32 Å². The van der Waals surface area contributed by atoms with Gasteiger partial charge in [-0.05, 0) is 24.6 Å². The summed E-state index contributed by atoms with van der Waals surface area (Å²) >= 11 is 7.50. The van der Waals surface area contributed by atoms with E-state index in [0.29, 0.717) is 10.8 Å². The molecular formula is C15H15ClN2OS. The molecule has 0 spiro atoms. The lowest BCUT2D eigenvalue weighted by atomic mass is 10.2. The number of hydrogen-bond donors (Lipinski definition) is 1. The first kappa shape index (κ1) is 14.9. The molecule has 0 aliphatic rings. The number of pyridine rings is 1. The summed E-state index contributed by atoms with van der Waals surface area (Å²) in [7, 11) is 0. The number of hydrogen-bond acceptors (Lipinski definition) is 3. The minimum absolute atomic E-state index is 0.0687. The van der Waals surface area contributed by atoms with Crippen molar-refractivity contribution >= 4 is 35.0 Å². The molecule has 3 nitrogen and oxygen atoms in total. The minimum Gasteiger partial charge on any atom is -0.323 e. The van der Waals surface area contributed by atoms with Crippen LogP contribution in [-0.2, 0) is 10.5 Å². The molecule has 0 fully saturated rings. The van der Waals surface area contributed by atoms with Crippen molar-refractivity contribution in [1.82, 2.24) is 4.98 Å². The lowest BCUT2D eigenvalue weighted by Crippen LogP contribution is -2.22. The van der Waals surface area contributed by atoms with Gasteiger partial charge in [0.25, 0.3) is 0 Å². The molecule has 2 rings (SSSR count). The first-order chi connectivity index (χ1) is 9.66. The number of nitrogens with zero attached hydrogens (tertiary/aromatic N) is 1. The van der Waals surface area contributed by atoms with Gasteiger partial charge < -0.3 is 5.32 Å². The normalized spacial score (nSPS) is 11.9. The van der Waals surface area contributed by atoms with Crippen LogP contribution in [0.4, 0.5) is 5.69 Å². The molecule has 1 aromatic carbocycles. The van der Waals surface area contributed by atoms with Crippen molar-refractivity contribution in [3.8, 4) is 0 Å². The maximum Gasteiger partial charge on any atom is 0.237 e. The van der Waals surface area contributed by atoms with E-state index in [9.17, 15) is 4.79 Å². The van der Waals surface area contributed by atoms with Crippen molar-refractivity contribution in [2.24, 2.45) is 0 Å². The van der Waals surface area contributed by atoms with Gasteiger partial charge in [-0.25, -0.2) is 4.98 Å². The average Bonchev–Trinajstić information content (AvgIpc) is 2.48. The topological polar surface area (TPSA) is 42.0 Å². The first-order valence-corrected chi connectivity index (χ1v) is 7.66. The van der Waals surface area contributed by atoms with Gasteiger partial charge in [-0.2, -0.15) is 0 Å². The SMILES string of the molecule is C[C@@H](SCc1ccccc1)C(=O)Nc1cccnc1Cl. The molecule has 5 heteroatoms. The van der Waals surface area contributed by atoms with Crippen molar-refractivity contribution in [3.05, 3.63) is 59.4 Å². The Bertz CT molecular complexity index is 577. The Morgan fingerprint density at radius 1 is 1.30 bits per heavy atom. The lowest BCUT2D eigenvalue weighted by molar-refractivity contribution is -0.115. The highest BCUT2D eigenvalue weighted by atomic mass is 35.5. The molecule has 0 aliphatic heterocycles. The molecule has 0 aliphatic carbocycles.